The number of amides is 2. The maximum atomic E-state index is 13.7. The van der Waals surface area contributed by atoms with Crippen LogP contribution in [0.15, 0.2) is 48.7 Å². The maximum absolute atomic E-state index is 13.7. The number of nitrogens with zero attached hydrogens (tertiary/aromatic N) is 3. The van der Waals surface area contributed by atoms with E-state index >= 15 is 0 Å². The maximum Gasteiger partial charge on any atom is 0.255 e. The van der Waals surface area contributed by atoms with Crippen molar-refractivity contribution in [2.75, 3.05) is 26.4 Å². The van der Waals surface area contributed by atoms with Crippen LogP contribution in [-0.4, -0.2) is 58.2 Å². The molecule has 9 heteroatoms. The number of aromatic nitrogens is 2. The molecule has 8 nitrogen and oxygen atoms in total. The lowest BCUT2D eigenvalue weighted by molar-refractivity contribution is -0.123. The summed E-state index contributed by atoms with van der Waals surface area (Å²) < 4.78 is 5.47. The molecule has 2 amide bonds. The van der Waals surface area contributed by atoms with Gasteiger partial charge in [-0.15, -0.1) is 0 Å². The van der Waals surface area contributed by atoms with E-state index in [0.717, 1.165) is 61.4 Å². The summed E-state index contributed by atoms with van der Waals surface area (Å²) in [6.45, 7) is 3.47. The first-order chi connectivity index (χ1) is 19.9. The van der Waals surface area contributed by atoms with Crippen molar-refractivity contribution >= 4 is 23.4 Å². The first-order valence-electron chi connectivity index (χ1n) is 14.5. The van der Waals surface area contributed by atoms with Crippen LogP contribution in [0.5, 0.6) is 0 Å². The van der Waals surface area contributed by atoms with Gasteiger partial charge in [0.2, 0.25) is 5.91 Å². The monoisotopic (exact) mass is 574 g/mol. The summed E-state index contributed by atoms with van der Waals surface area (Å²) in [5, 5.41) is 13.4. The second-order valence-corrected chi connectivity index (χ2v) is 11.8. The number of ether oxygens (including phenoxy) is 1. The largest absolute Gasteiger partial charge is 0.396 e. The van der Waals surface area contributed by atoms with E-state index in [-0.39, 0.29) is 43.0 Å². The van der Waals surface area contributed by atoms with Crippen LogP contribution < -0.4 is 5.32 Å². The summed E-state index contributed by atoms with van der Waals surface area (Å²) in [4.78, 5) is 37.8. The quantitative estimate of drug-likeness (QED) is 0.404. The van der Waals surface area contributed by atoms with E-state index in [1.807, 2.05) is 30.3 Å². The minimum atomic E-state index is -0.388. The third-order valence-corrected chi connectivity index (χ3v) is 8.97. The Labute approximate surface area is 245 Å². The molecular weight excluding hydrogens is 540 g/mol. The number of carbonyl (C=O) groups is 2. The summed E-state index contributed by atoms with van der Waals surface area (Å²) in [7, 11) is 0. The van der Waals surface area contributed by atoms with Crippen molar-refractivity contribution in [1.29, 1.82) is 0 Å². The van der Waals surface area contributed by atoms with E-state index < -0.39 is 0 Å². The van der Waals surface area contributed by atoms with Gasteiger partial charge in [0.25, 0.3) is 5.91 Å². The van der Waals surface area contributed by atoms with E-state index in [1.165, 1.54) is 5.56 Å². The smallest absolute Gasteiger partial charge is 0.255 e. The van der Waals surface area contributed by atoms with E-state index in [4.69, 9.17) is 21.3 Å². The molecule has 214 valence electrons. The van der Waals surface area contributed by atoms with Crippen LogP contribution in [-0.2, 0) is 22.4 Å². The number of aliphatic hydroxyl groups is 1. The molecule has 1 fully saturated rings. The first kappa shape index (κ1) is 27.8. The SMILES string of the molecule is C[C@@H]1Cc2ccccc2[C@@H]1NC(=O)CN1C(=O)c2cc(-c3nc(CC4CCOCC4)ncc3Cl)ccc2C1CCO. The molecule has 0 radical (unpaired) electrons. The number of benzene rings is 2. The van der Waals surface area contributed by atoms with Gasteiger partial charge in [0, 0.05) is 43.6 Å². The van der Waals surface area contributed by atoms with Gasteiger partial charge in [-0.3, -0.25) is 9.59 Å². The van der Waals surface area contributed by atoms with Gasteiger partial charge in [0.1, 0.15) is 12.4 Å². The Kier molecular flexibility index (Phi) is 8.06. The molecule has 3 heterocycles. The lowest BCUT2D eigenvalue weighted by Crippen LogP contribution is -2.41. The zero-order chi connectivity index (χ0) is 28.5. The van der Waals surface area contributed by atoms with Gasteiger partial charge < -0.3 is 20.1 Å². The highest BCUT2D eigenvalue weighted by Crippen LogP contribution is 2.39. The van der Waals surface area contributed by atoms with Gasteiger partial charge in [-0.2, -0.15) is 0 Å². The van der Waals surface area contributed by atoms with Gasteiger partial charge in [-0.05, 0) is 60.3 Å². The topological polar surface area (TPSA) is 105 Å². The molecule has 6 rings (SSSR count). The number of hydrogen-bond donors (Lipinski definition) is 2. The van der Waals surface area contributed by atoms with Crippen molar-refractivity contribution < 1.29 is 19.4 Å². The van der Waals surface area contributed by atoms with Crippen molar-refractivity contribution in [1.82, 2.24) is 20.2 Å². The Bertz CT molecular complexity index is 1460. The molecule has 0 bridgehead atoms. The number of fused-ring (bicyclic) bond motifs is 2. The molecule has 41 heavy (non-hydrogen) atoms. The van der Waals surface area contributed by atoms with Gasteiger partial charge in [0.05, 0.1) is 22.8 Å². The zero-order valence-corrected chi connectivity index (χ0v) is 23.9. The highest BCUT2D eigenvalue weighted by atomic mass is 35.5. The average molecular weight is 575 g/mol. The van der Waals surface area contributed by atoms with Crippen molar-refractivity contribution in [2.24, 2.45) is 11.8 Å². The molecular formula is C32H35ClN4O4. The van der Waals surface area contributed by atoms with Gasteiger partial charge >= 0.3 is 0 Å². The summed E-state index contributed by atoms with van der Waals surface area (Å²) in [5.41, 5.74) is 5.01. The van der Waals surface area contributed by atoms with Crippen LogP contribution in [0.4, 0.5) is 0 Å². The highest BCUT2D eigenvalue weighted by Gasteiger charge is 2.39. The first-order valence-corrected chi connectivity index (χ1v) is 14.8. The third kappa shape index (κ3) is 5.61. The van der Waals surface area contributed by atoms with Crippen LogP contribution in [0.25, 0.3) is 11.3 Å². The molecule has 1 aliphatic carbocycles. The third-order valence-electron chi connectivity index (χ3n) is 8.69. The van der Waals surface area contributed by atoms with E-state index in [1.54, 1.807) is 11.1 Å². The second-order valence-electron chi connectivity index (χ2n) is 11.4. The number of hydrogen-bond acceptors (Lipinski definition) is 6. The fourth-order valence-electron chi connectivity index (χ4n) is 6.56. The van der Waals surface area contributed by atoms with Crippen LogP contribution in [0, 0.1) is 11.8 Å². The van der Waals surface area contributed by atoms with Crippen LogP contribution in [0.3, 0.4) is 0 Å². The minimum absolute atomic E-state index is 0.0809. The molecule has 1 unspecified atom stereocenters. The van der Waals surface area contributed by atoms with Crippen LogP contribution in [0.2, 0.25) is 5.02 Å². The molecule has 2 aliphatic heterocycles. The van der Waals surface area contributed by atoms with E-state index in [2.05, 4.69) is 29.4 Å². The molecule has 2 aromatic carbocycles. The van der Waals surface area contributed by atoms with Crippen molar-refractivity contribution in [3.05, 3.63) is 81.8 Å². The summed E-state index contributed by atoms with van der Waals surface area (Å²) in [6.07, 6.45) is 5.60. The summed E-state index contributed by atoms with van der Waals surface area (Å²) >= 11 is 6.54. The number of aliphatic hydroxyl groups excluding tert-OH is 1. The number of carbonyl (C=O) groups excluding carboxylic acids is 2. The normalized spacial score (nSPS) is 22.1. The molecule has 3 aliphatic rings. The van der Waals surface area contributed by atoms with Crippen molar-refractivity contribution in [2.45, 2.75) is 51.1 Å². The van der Waals surface area contributed by atoms with E-state index in [0.29, 0.717) is 28.6 Å². The Morgan fingerprint density at radius 2 is 1.98 bits per heavy atom. The predicted molar refractivity (Wildman–Crippen MR) is 155 cm³/mol. The molecule has 1 saturated heterocycles. The van der Waals surface area contributed by atoms with Gasteiger partial charge in [0.15, 0.2) is 0 Å². The average Bonchev–Trinajstić information content (AvgIpc) is 3.43. The summed E-state index contributed by atoms with van der Waals surface area (Å²) in [6, 6.07) is 13.3. The molecule has 3 aromatic rings. The Balaban J connectivity index is 1.22. The van der Waals surface area contributed by atoms with Crippen molar-refractivity contribution in [3.8, 4) is 11.3 Å². The van der Waals surface area contributed by atoms with E-state index in [9.17, 15) is 14.7 Å². The van der Waals surface area contributed by atoms with Crippen molar-refractivity contribution in [3.63, 3.8) is 0 Å². The Morgan fingerprint density at radius 1 is 1.17 bits per heavy atom. The number of halogens is 1. The molecule has 3 atom stereocenters. The standard InChI is InChI=1S/C32H35ClN4O4/c1-19-14-21-4-2-3-5-23(21)30(19)36-29(39)18-37-27(8-11-38)24-7-6-22(16-25(24)32(37)40)31-26(33)17-34-28(35-31)15-20-9-12-41-13-10-20/h2-7,16-17,19-20,27,30,38H,8-15,18H2,1H3,(H,36,39)/t19-,27?,30-/m1/s1. The van der Waals surface area contributed by atoms with Crippen LogP contribution >= 0.6 is 11.6 Å². The zero-order valence-electron chi connectivity index (χ0n) is 23.2. The lowest BCUT2D eigenvalue weighted by Gasteiger charge is -2.26. The molecule has 2 N–H and O–H groups in total. The Morgan fingerprint density at radius 3 is 2.78 bits per heavy atom. The molecule has 1 aromatic heterocycles. The molecule has 0 saturated carbocycles. The number of rotatable bonds is 8. The highest BCUT2D eigenvalue weighted by molar-refractivity contribution is 6.32. The molecule has 0 spiro atoms. The van der Waals surface area contributed by atoms with Gasteiger partial charge in [-0.1, -0.05) is 54.9 Å². The lowest BCUT2D eigenvalue weighted by atomic mass is 9.96. The Hall–Kier alpha value is -3.33. The minimum Gasteiger partial charge on any atom is -0.396 e. The summed E-state index contributed by atoms with van der Waals surface area (Å²) in [5.74, 6) is 1.02. The second kappa shape index (κ2) is 11.9. The van der Waals surface area contributed by atoms with Crippen LogP contribution in [0.1, 0.15) is 71.1 Å². The fourth-order valence-corrected chi connectivity index (χ4v) is 6.76. The fraction of sp³-hybridized carbons (Fsp3) is 0.438. The predicted octanol–water partition coefficient (Wildman–Crippen LogP) is 4.70. The van der Waals surface area contributed by atoms with Gasteiger partial charge in [-0.25, -0.2) is 9.97 Å². The number of nitrogens with one attached hydrogen (secondary N) is 1.